The smallest absolute Gasteiger partial charge is 0.173 e. The first kappa shape index (κ1) is 16.6. The van der Waals surface area contributed by atoms with E-state index in [4.69, 9.17) is 0 Å². The number of aromatic nitrogens is 3. The van der Waals surface area contributed by atoms with Crippen molar-refractivity contribution in [3.63, 3.8) is 0 Å². The number of nitriles is 1. The minimum Gasteiger partial charge on any atom is -0.506 e. The summed E-state index contributed by atoms with van der Waals surface area (Å²) < 4.78 is 2.01. The van der Waals surface area contributed by atoms with Crippen LogP contribution in [0.25, 0.3) is 22.4 Å². The Balaban J connectivity index is 1.65. The second kappa shape index (κ2) is 7.14. The number of benzene rings is 2. The third-order valence-electron chi connectivity index (χ3n) is 4.35. The molecule has 2 N–H and O–H groups in total. The molecular formula is C22H17N4O+. The van der Waals surface area contributed by atoms with Crippen LogP contribution in [0.1, 0.15) is 17.0 Å². The van der Waals surface area contributed by atoms with Gasteiger partial charge in [0, 0.05) is 23.3 Å². The SMILES string of the molecule is N#C/C(=C(/O)c1cc[n+](Cc2ccccc2)cc1)c1nc2ccccc2[nH]1. The highest BCUT2D eigenvalue weighted by Gasteiger charge is 2.15. The molecule has 0 aliphatic carbocycles. The average molecular weight is 353 g/mol. The maximum absolute atomic E-state index is 10.6. The van der Waals surface area contributed by atoms with Gasteiger partial charge in [-0.25, -0.2) is 9.55 Å². The first-order valence-electron chi connectivity index (χ1n) is 8.56. The number of imidazole rings is 1. The van der Waals surface area contributed by atoms with Gasteiger partial charge < -0.3 is 10.1 Å². The molecule has 5 heteroatoms. The fourth-order valence-corrected chi connectivity index (χ4v) is 2.95. The minimum atomic E-state index is -0.0941. The Kier molecular flexibility index (Phi) is 4.38. The van der Waals surface area contributed by atoms with Crippen molar-refractivity contribution in [1.82, 2.24) is 9.97 Å². The Morgan fingerprint density at radius 3 is 2.41 bits per heavy atom. The molecule has 0 bridgehead atoms. The van der Waals surface area contributed by atoms with E-state index < -0.39 is 0 Å². The van der Waals surface area contributed by atoms with Crippen LogP contribution in [0.4, 0.5) is 0 Å². The quantitative estimate of drug-likeness (QED) is 0.332. The van der Waals surface area contributed by atoms with Gasteiger partial charge in [0.05, 0.1) is 11.0 Å². The zero-order valence-corrected chi connectivity index (χ0v) is 14.5. The van der Waals surface area contributed by atoms with E-state index in [1.165, 1.54) is 5.56 Å². The predicted molar refractivity (Wildman–Crippen MR) is 103 cm³/mol. The van der Waals surface area contributed by atoms with Gasteiger partial charge in [-0.3, -0.25) is 0 Å². The molecule has 4 aromatic rings. The summed E-state index contributed by atoms with van der Waals surface area (Å²) in [4.78, 5) is 7.49. The summed E-state index contributed by atoms with van der Waals surface area (Å²) in [5.74, 6) is 0.264. The molecule has 0 saturated carbocycles. The van der Waals surface area contributed by atoms with E-state index in [1.54, 1.807) is 12.1 Å². The van der Waals surface area contributed by atoms with Crippen LogP contribution in [0.3, 0.4) is 0 Å². The third kappa shape index (κ3) is 3.42. The number of fused-ring (bicyclic) bond motifs is 1. The van der Waals surface area contributed by atoms with Gasteiger partial charge in [-0.05, 0) is 12.1 Å². The maximum Gasteiger partial charge on any atom is 0.173 e. The minimum absolute atomic E-state index is 0.0941. The number of rotatable bonds is 4. The van der Waals surface area contributed by atoms with E-state index >= 15 is 0 Å². The van der Waals surface area contributed by atoms with Crippen LogP contribution in [0.5, 0.6) is 0 Å². The van der Waals surface area contributed by atoms with Crippen LogP contribution in [0.2, 0.25) is 0 Å². The predicted octanol–water partition coefficient (Wildman–Crippen LogP) is 3.85. The fourth-order valence-electron chi connectivity index (χ4n) is 2.95. The topological polar surface area (TPSA) is 76.6 Å². The first-order chi connectivity index (χ1) is 13.2. The second-order valence-electron chi connectivity index (χ2n) is 6.18. The highest BCUT2D eigenvalue weighted by atomic mass is 16.3. The van der Waals surface area contributed by atoms with Crippen molar-refractivity contribution in [2.45, 2.75) is 6.54 Å². The second-order valence-corrected chi connectivity index (χ2v) is 6.18. The van der Waals surface area contributed by atoms with E-state index in [0.29, 0.717) is 11.4 Å². The molecule has 2 heterocycles. The molecule has 0 amide bonds. The fraction of sp³-hybridized carbons (Fsp3) is 0.0455. The number of aliphatic hydroxyl groups is 1. The van der Waals surface area contributed by atoms with Crippen molar-refractivity contribution >= 4 is 22.4 Å². The Bertz CT molecular complexity index is 1120. The maximum atomic E-state index is 10.6. The number of nitrogens with zero attached hydrogens (tertiary/aromatic N) is 3. The lowest BCUT2D eigenvalue weighted by Crippen LogP contribution is -2.33. The largest absolute Gasteiger partial charge is 0.506 e. The third-order valence-corrected chi connectivity index (χ3v) is 4.35. The summed E-state index contributed by atoms with van der Waals surface area (Å²) >= 11 is 0. The summed E-state index contributed by atoms with van der Waals surface area (Å²) in [5.41, 5.74) is 3.45. The zero-order chi connectivity index (χ0) is 18.6. The summed E-state index contributed by atoms with van der Waals surface area (Å²) in [6.45, 7) is 0.736. The molecule has 2 aromatic carbocycles. The lowest BCUT2D eigenvalue weighted by atomic mass is 10.1. The molecular weight excluding hydrogens is 336 g/mol. The van der Waals surface area contributed by atoms with Gasteiger partial charge >= 0.3 is 0 Å². The zero-order valence-electron chi connectivity index (χ0n) is 14.5. The molecule has 0 aliphatic rings. The summed E-state index contributed by atoms with van der Waals surface area (Å²) in [6, 6.07) is 23.3. The van der Waals surface area contributed by atoms with E-state index in [2.05, 4.69) is 28.2 Å². The van der Waals surface area contributed by atoms with Crippen LogP contribution >= 0.6 is 0 Å². The van der Waals surface area contributed by atoms with Gasteiger partial charge in [-0.15, -0.1) is 0 Å². The monoisotopic (exact) mass is 353 g/mol. The Hall–Kier alpha value is -3.91. The van der Waals surface area contributed by atoms with Crippen LogP contribution in [-0.4, -0.2) is 15.1 Å². The lowest BCUT2D eigenvalue weighted by molar-refractivity contribution is -0.688. The van der Waals surface area contributed by atoms with Gasteiger partial charge in [-0.1, -0.05) is 42.5 Å². The molecule has 27 heavy (non-hydrogen) atoms. The van der Waals surface area contributed by atoms with Crippen LogP contribution < -0.4 is 4.57 Å². The van der Waals surface area contributed by atoms with Crippen molar-refractivity contribution in [2.24, 2.45) is 0 Å². The van der Waals surface area contributed by atoms with Gasteiger partial charge in [0.1, 0.15) is 17.4 Å². The molecule has 0 spiro atoms. The van der Waals surface area contributed by atoms with Crippen LogP contribution in [0.15, 0.2) is 79.1 Å². The summed E-state index contributed by atoms with van der Waals surface area (Å²) in [7, 11) is 0. The number of H-pyrrole nitrogens is 1. The molecule has 0 fully saturated rings. The molecule has 4 rings (SSSR count). The van der Waals surface area contributed by atoms with Crippen molar-refractivity contribution in [1.29, 1.82) is 5.26 Å². The van der Waals surface area contributed by atoms with Crippen molar-refractivity contribution in [2.75, 3.05) is 0 Å². The summed E-state index contributed by atoms with van der Waals surface area (Å²) in [5, 5.41) is 20.2. The van der Waals surface area contributed by atoms with Crippen molar-refractivity contribution in [3.8, 4) is 6.07 Å². The molecule has 2 aromatic heterocycles. The number of para-hydroxylation sites is 2. The number of nitrogens with one attached hydrogen (secondary N) is 1. The highest BCUT2D eigenvalue weighted by Crippen LogP contribution is 2.23. The molecule has 0 saturated heterocycles. The number of hydrogen-bond donors (Lipinski definition) is 2. The number of allylic oxidation sites excluding steroid dienone is 1. The molecule has 0 unspecified atom stereocenters. The number of aliphatic hydroxyl groups excluding tert-OH is 1. The van der Waals surface area contributed by atoms with Gasteiger partial charge in [-0.2, -0.15) is 5.26 Å². The summed E-state index contributed by atoms with van der Waals surface area (Å²) in [6.07, 6.45) is 3.76. The normalized spacial score (nSPS) is 11.8. The van der Waals surface area contributed by atoms with Crippen molar-refractivity contribution < 1.29 is 9.67 Å². The van der Waals surface area contributed by atoms with Crippen LogP contribution in [0, 0.1) is 11.3 Å². The van der Waals surface area contributed by atoms with Crippen molar-refractivity contribution in [3.05, 3.63) is 96.1 Å². The standard InChI is InChI=1S/C22H16N4O/c23-14-18(22-24-19-8-4-5-9-20(19)25-22)21(27)17-10-12-26(13-11-17)15-16-6-2-1-3-7-16/h1-13,27H,15H2/p+1. The molecule has 0 radical (unpaired) electrons. The Labute approximate surface area is 156 Å². The number of pyridine rings is 1. The average Bonchev–Trinajstić information content (AvgIpc) is 3.13. The van der Waals surface area contributed by atoms with Gasteiger partial charge in [0.2, 0.25) is 0 Å². The number of aromatic amines is 1. The Morgan fingerprint density at radius 2 is 1.70 bits per heavy atom. The van der Waals surface area contributed by atoms with E-state index in [0.717, 1.165) is 17.6 Å². The Morgan fingerprint density at radius 1 is 1.00 bits per heavy atom. The number of hydrogen-bond acceptors (Lipinski definition) is 3. The molecule has 0 aliphatic heterocycles. The van der Waals surface area contributed by atoms with Crippen LogP contribution in [-0.2, 0) is 6.54 Å². The first-order valence-corrected chi connectivity index (χ1v) is 8.56. The highest BCUT2D eigenvalue weighted by molar-refractivity contribution is 5.93. The molecule has 0 atom stereocenters. The molecule has 130 valence electrons. The van der Waals surface area contributed by atoms with Gasteiger partial charge in [0.15, 0.2) is 24.8 Å². The van der Waals surface area contributed by atoms with E-state index in [1.807, 2.05) is 59.4 Å². The van der Waals surface area contributed by atoms with E-state index in [-0.39, 0.29) is 11.3 Å². The van der Waals surface area contributed by atoms with Gasteiger partial charge in [0.25, 0.3) is 0 Å². The lowest BCUT2D eigenvalue weighted by Gasteiger charge is -2.03. The molecule has 5 nitrogen and oxygen atoms in total. The van der Waals surface area contributed by atoms with E-state index in [9.17, 15) is 10.4 Å².